The van der Waals surface area contributed by atoms with Gasteiger partial charge in [0.05, 0.1) is 30.0 Å². The highest BCUT2D eigenvalue weighted by molar-refractivity contribution is 9.11. The van der Waals surface area contributed by atoms with Crippen molar-refractivity contribution in [3.8, 4) is 5.75 Å². The van der Waals surface area contributed by atoms with E-state index < -0.39 is 10.9 Å². The van der Waals surface area contributed by atoms with Gasteiger partial charge in [-0.15, -0.1) is 0 Å². The van der Waals surface area contributed by atoms with E-state index >= 15 is 0 Å². The number of likely N-dealkylation sites (N-methyl/N-ethyl adjacent to an activating group) is 1. The van der Waals surface area contributed by atoms with Crippen molar-refractivity contribution in [2.75, 3.05) is 6.54 Å². The van der Waals surface area contributed by atoms with Gasteiger partial charge in [-0.25, -0.2) is 9.79 Å². The molecule has 0 radical (unpaired) electrons. The second kappa shape index (κ2) is 11.9. The third-order valence-electron chi connectivity index (χ3n) is 5.37. The number of carboxylic acids is 1. The Labute approximate surface area is 238 Å². The Kier molecular flexibility index (Phi) is 8.65. The number of halogens is 2. The lowest BCUT2D eigenvalue weighted by Gasteiger charge is -2.12. The van der Waals surface area contributed by atoms with Crippen molar-refractivity contribution < 1.29 is 24.4 Å². The van der Waals surface area contributed by atoms with Gasteiger partial charge in [-0.05, 0) is 110 Å². The highest BCUT2D eigenvalue weighted by Gasteiger charge is 2.32. The Morgan fingerprint density at radius 3 is 2.45 bits per heavy atom. The lowest BCUT2D eigenvalue weighted by Crippen LogP contribution is -2.28. The second-order valence-electron chi connectivity index (χ2n) is 7.94. The van der Waals surface area contributed by atoms with Crippen LogP contribution in [0.5, 0.6) is 5.75 Å². The minimum Gasteiger partial charge on any atom is -0.487 e. The molecule has 0 aliphatic carbocycles. The first kappa shape index (κ1) is 27.6. The van der Waals surface area contributed by atoms with Gasteiger partial charge in [0.25, 0.3) is 11.6 Å². The summed E-state index contributed by atoms with van der Waals surface area (Å²) in [7, 11) is 0. The van der Waals surface area contributed by atoms with Crippen molar-refractivity contribution in [1.82, 2.24) is 4.90 Å². The molecule has 12 heteroatoms. The molecule has 1 aliphatic heterocycles. The minimum absolute atomic E-state index is 0.0106. The van der Waals surface area contributed by atoms with Crippen LogP contribution >= 0.6 is 43.6 Å². The van der Waals surface area contributed by atoms with Crippen molar-refractivity contribution in [3.05, 3.63) is 101 Å². The Bertz CT molecular complexity index is 1470. The first-order chi connectivity index (χ1) is 18.2. The maximum Gasteiger partial charge on any atom is 0.335 e. The number of amidine groups is 1. The molecule has 1 amide bonds. The predicted octanol–water partition coefficient (Wildman–Crippen LogP) is 7.02. The number of benzene rings is 3. The lowest BCUT2D eigenvalue weighted by atomic mass is 10.2. The number of carboxylic acid groups (broad SMARTS) is 1. The number of ether oxygens (including phenoxy) is 1. The zero-order chi connectivity index (χ0) is 27.4. The Morgan fingerprint density at radius 1 is 1.16 bits per heavy atom. The third-order valence-corrected chi connectivity index (χ3v) is 7.56. The van der Waals surface area contributed by atoms with Crippen molar-refractivity contribution in [2.45, 2.75) is 13.5 Å². The molecule has 3 aromatic carbocycles. The number of nitro benzene ring substituents is 1. The fraction of sp³-hybridized carbons (Fsp3) is 0.115. The van der Waals surface area contributed by atoms with Crippen LogP contribution in [0.4, 0.5) is 11.4 Å². The summed E-state index contributed by atoms with van der Waals surface area (Å²) in [6.45, 7) is 2.45. The van der Waals surface area contributed by atoms with Crippen LogP contribution in [0, 0.1) is 10.1 Å². The summed E-state index contributed by atoms with van der Waals surface area (Å²) < 4.78 is 7.23. The molecule has 0 unspecified atom stereocenters. The Hall–Kier alpha value is -3.48. The van der Waals surface area contributed by atoms with Crippen LogP contribution in [-0.4, -0.2) is 38.5 Å². The molecule has 0 bridgehead atoms. The molecule has 194 valence electrons. The normalized spacial score (nSPS) is 15.3. The Morgan fingerprint density at radius 2 is 1.84 bits per heavy atom. The molecule has 9 nitrogen and oxygen atoms in total. The number of non-ortho nitro benzene ring substituents is 1. The molecule has 0 atom stereocenters. The van der Waals surface area contributed by atoms with E-state index in [-0.39, 0.29) is 23.8 Å². The van der Waals surface area contributed by atoms with E-state index in [1.807, 2.05) is 19.1 Å². The van der Waals surface area contributed by atoms with Crippen LogP contribution in [0.2, 0.25) is 0 Å². The Balaban J connectivity index is 1.54. The van der Waals surface area contributed by atoms with Gasteiger partial charge in [0.2, 0.25) is 0 Å². The molecule has 0 spiro atoms. The number of nitrogens with zero attached hydrogens (tertiary/aromatic N) is 3. The van der Waals surface area contributed by atoms with E-state index in [2.05, 4.69) is 36.9 Å². The molecule has 0 aromatic heterocycles. The predicted molar refractivity (Wildman–Crippen MR) is 153 cm³/mol. The second-order valence-corrected chi connectivity index (χ2v) is 10.7. The van der Waals surface area contributed by atoms with E-state index in [9.17, 15) is 24.8 Å². The first-order valence-corrected chi connectivity index (χ1v) is 13.5. The summed E-state index contributed by atoms with van der Waals surface area (Å²) in [5.41, 5.74) is 2.09. The molecule has 38 heavy (non-hydrogen) atoms. The molecular weight excluding hydrogens is 642 g/mol. The highest BCUT2D eigenvalue weighted by Crippen LogP contribution is 2.38. The van der Waals surface area contributed by atoms with Crippen LogP contribution in [0.3, 0.4) is 0 Å². The molecule has 1 fully saturated rings. The van der Waals surface area contributed by atoms with Crippen molar-refractivity contribution in [2.24, 2.45) is 4.99 Å². The number of rotatable bonds is 8. The summed E-state index contributed by atoms with van der Waals surface area (Å²) in [5, 5.41) is 20.5. The zero-order valence-electron chi connectivity index (χ0n) is 19.8. The van der Waals surface area contributed by atoms with E-state index in [4.69, 9.17) is 4.74 Å². The molecule has 1 aliphatic rings. The number of aliphatic imine (C=N–C) groups is 1. The first-order valence-electron chi connectivity index (χ1n) is 11.1. The quantitative estimate of drug-likeness (QED) is 0.156. The zero-order valence-corrected chi connectivity index (χ0v) is 23.7. The SMILES string of the molecule is CCN1C(=O)C(=Cc2cc(Br)c(OCc3ccc([N+](=O)[O-])cc3)c(Br)c2)SC1=Nc1cccc(C(=O)O)c1. The van der Waals surface area contributed by atoms with Crippen molar-refractivity contribution in [1.29, 1.82) is 0 Å². The number of carbonyl (C=O) groups excluding carboxylic acids is 1. The van der Waals surface area contributed by atoms with Crippen LogP contribution in [0.25, 0.3) is 6.08 Å². The van der Waals surface area contributed by atoms with Crippen LogP contribution < -0.4 is 4.74 Å². The summed E-state index contributed by atoms with van der Waals surface area (Å²) in [4.78, 5) is 41.2. The van der Waals surface area contributed by atoms with E-state index in [0.717, 1.165) is 11.1 Å². The molecule has 1 saturated heterocycles. The third kappa shape index (κ3) is 6.32. The van der Waals surface area contributed by atoms with Crippen LogP contribution in [0.15, 0.2) is 79.5 Å². The summed E-state index contributed by atoms with van der Waals surface area (Å²) in [5.74, 6) is -0.700. The van der Waals surface area contributed by atoms with Crippen LogP contribution in [0.1, 0.15) is 28.4 Å². The maximum atomic E-state index is 13.1. The molecule has 3 aromatic rings. The topological polar surface area (TPSA) is 122 Å². The highest BCUT2D eigenvalue weighted by atomic mass is 79.9. The van der Waals surface area contributed by atoms with Gasteiger partial charge >= 0.3 is 5.97 Å². The van der Waals surface area contributed by atoms with E-state index in [1.54, 1.807) is 30.3 Å². The molecule has 1 N–H and O–H groups in total. The number of hydrogen-bond acceptors (Lipinski definition) is 7. The lowest BCUT2D eigenvalue weighted by molar-refractivity contribution is -0.384. The van der Waals surface area contributed by atoms with E-state index in [1.165, 1.54) is 40.9 Å². The van der Waals surface area contributed by atoms with Gasteiger partial charge in [-0.3, -0.25) is 19.8 Å². The molecular formula is C26H19Br2N3O6S. The van der Waals surface area contributed by atoms with Crippen molar-refractivity contribution in [3.63, 3.8) is 0 Å². The molecule has 1 heterocycles. The summed E-state index contributed by atoms with van der Waals surface area (Å²) in [6, 6.07) is 16.0. The number of nitro groups is 1. The molecule has 4 rings (SSSR count). The monoisotopic (exact) mass is 659 g/mol. The summed E-state index contributed by atoms with van der Waals surface area (Å²) >= 11 is 8.25. The van der Waals surface area contributed by atoms with Gasteiger partial charge in [0, 0.05) is 18.7 Å². The largest absolute Gasteiger partial charge is 0.487 e. The molecule has 0 saturated carbocycles. The average molecular weight is 661 g/mol. The fourth-order valence-electron chi connectivity index (χ4n) is 3.51. The van der Waals surface area contributed by atoms with Gasteiger partial charge in [-0.2, -0.15) is 0 Å². The average Bonchev–Trinajstić information content (AvgIpc) is 3.17. The fourth-order valence-corrected chi connectivity index (χ4v) is 6.02. The number of carbonyl (C=O) groups is 2. The number of hydrogen-bond donors (Lipinski definition) is 1. The number of thioether (sulfide) groups is 1. The summed E-state index contributed by atoms with van der Waals surface area (Å²) in [6.07, 6.45) is 1.75. The number of aromatic carboxylic acids is 1. The standard InChI is InChI=1S/C26H19Br2N3O6S/c1-2-30-24(32)22(38-26(30)29-18-5-3-4-17(13-18)25(33)34)12-16-10-20(27)23(21(28)11-16)37-14-15-6-8-19(9-7-15)31(35)36/h3-13H,2,14H2,1H3,(H,33,34). The van der Waals surface area contributed by atoms with Gasteiger partial charge in [0.1, 0.15) is 12.4 Å². The van der Waals surface area contributed by atoms with Gasteiger partial charge < -0.3 is 9.84 Å². The van der Waals surface area contributed by atoms with Gasteiger partial charge in [-0.1, -0.05) is 6.07 Å². The van der Waals surface area contributed by atoms with Crippen LogP contribution in [-0.2, 0) is 11.4 Å². The van der Waals surface area contributed by atoms with Crippen molar-refractivity contribution >= 4 is 78.1 Å². The van der Waals surface area contributed by atoms with Gasteiger partial charge in [0.15, 0.2) is 5.17 Å². The minimum atomic E-state index is -1.05. The van der Waals surface area contributed by atoms with E-state index in [0.29, 0.717) is 37.0 Å². The smallest absolute Gasteiger partial charge is 0.335 e. The maximum absolute atomic E-state index is 13.1. The number of amides is 1.